The van der Waals surface area contributed by atoms with Gasteiger partial charge < -0.3 is 10.3 Å². The number of aromatic nitrogens is 2. The first-order valence-corrected chi connectivity index (χ1v) is 5.58. The van der Waals surface area contributed by atoms with Crippen LogP contribution >= 0.6 is 0 Å². The SMILES string of the molecule is CNCc1[nH]cnc1C1CCCCC1. The Labute approximate surface area is 85.3 Å². The van der Waals surface area contributed by atoms with Gasteiger partial charge in [0.05, 0.1) is 17.7 Å². The predicted molar refractivity (Wildman–Crippen MR) is 57.2 cm³/mol. The summed E-state index contributed by atoms with van der Waals surface area (Å²) in [6, 6.07) is 0. The van der Waals surface area contributed by atoms with Crippen LogP contribution in [0.4, 0.5) is 0 Å². The fraction of sp³-hybridized carbons (Fsp3) is 0.727. The second kappa shape index (κ2) is 4.60. The smallest absolute Gasteiger partial charge is 0.0925 e. The summed E-state index contributed by atoms with van der Waals surface area (Å²) in [4.78, 5) is 7.69. The first-order valence-electron chi connectivity index (χ1n) is 5.58. The molecule has 1 aromatic heterocycles. The van der Waals surface area contributed by atoms with E-state index < -0.39 is 0 Å². The van der Waals surface area contributed by atoms with Crippen molar-refractivity contribution in [1.29, 1.82) is 0 Å². The van der Waals surface area contributed by atoms with Crippen molar-refractivity contribution < 1.29 is 0 Å². The summed E-state index contributed by atoms with van der Waals surface area (Å²) in [5, 5.41) is 3.18. The number of nitrogens with one attached hydrogen (secondary N) is 2. The normalized spacial score (nSPS) is 18.6. The van der Waals surface area contributed by atoms with Crippen LogP contribution in [0.25, 0.3) is 0 Å². The number of rotatable bonds is 3. The first kappa shape index (κ1) is 9.71. The Morgan fingerprint density at radius 3 is 2.93 bits per heavy atom. The molecule has 1 saturated carbocycles. The second-order valence-electron chi connectivity index (χ2n) is 4.13. The van der Waals surface area contributed by atoms with E-state index in [1.54, 1.807) is 0 Å². The molecule has 1 heterocycles. The van der Waals surface area contributed by atoms with Gasteiger partial charge in [0.15, 0.2) is 0 Å². The topological polar surface area (TPSA) is 40.7 Å². The van der Waals surface area contributed by atoms with Crippen LogP contribution in [-0.4, -0.2) is 17.0 Å². The average Bonchev–Trinajstić information content (AvgIpc) is 2.68. The molecule has 1 aliphatic carbocycles. The molecule has 0 aliphatic heterocycles. The van der Waals surface area contributed by atoms with Crippen LogP contribution in [0.2, 0.25) is 0 Å². The zero-order valence-corrected chi connectivity index (χ0v) is 8.84. The van der Waals surface area contributed by atoms with E-state index in [1.807, 2.05) is 13.4 Å². The third kappa shape index (κ3) is 1.98. The van der Waals surface area contributed by atoms with Gasteiger partial charge in [-0.25, -0.2) is 4.98 Å². The zero-order chi connectivity index (χ0) is 9.80. The van der Waals surface area contributed by atoms with E-state index in [2.05, 4.69) is 15.3 Å². The highest BCUT2D eigenvalue weighted by Gasteiger charge is 2.19. The highest BCUT2D eigenvalue weighted by Crippen LogP contribution is 2.32. The molecule has 3 nitrogen and oxygen atoms in total. The summed E-state index contributed by atoms with van der Waals surface area (Å²) in [5.41, 5.74) is 2.58. The van der Waals surface area contributed by atoms with Gasteiger partial charge in [0.25, 0.3) is 0 Å². The van der Waals surface area contributed by atoms with Crippen molar-refractivity contribution in [1.82, 2.24) is 15.3 Å². The predicted octanol–water partition coefficient (Wildman–Crippen LogP) is 2.18. The van der Waals surface area contributed by atoms with Gasteiger partial charge in [-0.15, -0.1) is 0 Å². The van der Waals surface area contributed by atoms with Crippen molar-refractivity contribution in [3.63, 3.8) is 0 Å². The molecule has 2 rings (SSSR count). The largest absolute Gasteiger partial charge is 0.347 e. The molecule has 14 heavy (non-hydrogen) atoms. The Hall–Kier alpha value is -0.830. The Morgan fingerprint density at radius 1 is 1.43 bits per heavy atom. The van der Waals surface area contributed by atoms with Crippen LogP contribution in [0.1, 0.15) is 49.4 Å². The molecule has 0 atom stereocenters. The molecular formula is C11H19N3. The molecule has 3 heteroatoms. The van der Waals surface area contributed by atoms with Gasteiger partial charge in [-0.3, -0.25) is 0 Å². The van der Waals surface area contributed by atoms with Crippen molar-refractivity contribution in [2.75, 3.05) is 7.05 Å². The van der Waals surface area contributed by atoms with Crippen molar-refractivity contribution in [2.45, 2.75) is 44.6 Å². The zero-order valence-electron chi connectivity index (χ0n) is 8.84. The van der Waals surface area contributed by atoms with Crippen molar-refractivity contribution in [3.8, 4) is 0 Å². The highest BCUT2D eigenvalue weighted by molar-refractivity contribution is 5.16. The molecule has 78 valence electrons. The minimum absolute atomic E-state index is 0.707. The quantitative estimate of drug-likeness (QED) is 0.772. The van der Waals surface area contributed by atoms with Crippen molar-refractivity contribution in [2.24, 2.45) is 0 Å². The van der Waals surface area contributed by atoms with E-state index in [4.69, 9.17) is 0 Å². The van der Waals surface area contributed by atoms with Crippen molar-refractivity contribution >= 4 is 0 Å². The minimum Gasteiger partial charge on any atom is -0.347 e. The Balaban J connectivity index is 2.09. The number of nitrogens with zero attached hydrogens (tertiary/aromatic N) is 1. The van der Waals surface area contributed by atoms with Crippen LogP contribution < -0.4 is 5.32 Å². The molecule has 0 amide bonds. The van der Waals surface area contributed by atoms with Crippen LogP contribution in [0.5, 0.6) is 0 Å². The Bertz CT molecular complexity index is 274. The number of aromatic amines is 1. The second-order valence-corrected chi connectivity index (χ2v) is 4.13. The molecule has 1 aliphatic rings. The molecule has 0 unspecified atom stereocenters. The summed E-state index contributed by atoms with van der Waals surface area (Å²) >= 11 is 0. The Kier molecular flexibility index (Phi) is 3.19. The lowest BCUT2D eigenvalue weighted by atomic mass is 9.86. The molecule has 0 bridgehead atoms. The van der Waals surface area contributed by atoms with Gasteiger partial charge in [0.2, 0.25) is 0 Å². The van der Waals surface area contributed by atoms with Gasteiger partial charge in [-0.1, -0.05) is 19.3 Å². The van der Waals surface area contributed by atoms with Crippen molar-refractivity contribution in [3.05, 3.63) is 17.7 Å². The number of imidazole rings is 1. The van der Waals surface area contributed by atoms with Gasteiger partial charge >= 0.3 is 0 Å². The van der Waals surface area contributed by atoms with E-state index in [9.17, 15) is 0 Å². The third-order valence-electron chi connectivity index (χ3n) is 3.10. The molecule has 1 fully saturated rings. The van der Waals surface area contributed by atoms with E-state index >= 15 is 0 Å². The molecule has 0 aromatic carbocycles. The summed E-state index contributed by atoms with van der Waals surface area (Å²) in [5.74, 6) is 0.707. The standard InChI is InChI=1S/C11H19N3/c1-12-7-10-11(14-8-13-10)9-5-3-2-4-6-9/h8-9,12H,2-7H2,1H3,(H,13,14). The lowest BCUT2D eigenvalue weighted by Gasteiger charge is -2.20. The maximum Gasteiger partial charge on any atom is 0.0925 e. The lowest BCUT2D eigenvalue weighted by Crippen LogP contribution is -2.12. The highest BCUT2D eigenvalue weighted by atomic mass is 14.9. The van der Waals surface area contributed by atoms with E-state index in [0.29, 0.717) is 5.92 Å². The first-order chi connectivity index (χ1) is 6.92. The summed E-state index contributed by atoms with van der Waals surface area (Å²) in [6.45, 7) is 0.909. The monoisotopic (exact) mass is 193 g/mol. The van der Waals surface area contributed by atoms with Gasteiger partial charge in [0.1, 0.15) is 0 Å². The molecule has 2 N–H and O–H groups in total. The fourth-order valence-corrected chi connectivity index (χ4v) is 2.38. The summed E-state index contributed by atoms with van der Waals surface area (Å²) in [6.07, 6.45) is 8.62. The van der Waals surface area contributed by atoms with Crippen LogP contribution in [0, 0.1) is 0 Å². The van der Waals surface area contributed by atoms with Crippen LogP contribution in [0.3, 0.4) is 0 Å². The van der Waals surface area contributed by atoms with Gasteiger partial charge in [0, 0.05) is 12.5 Å². The molecule has 0 saturated heterocycles. The number of hydrogen-bond donors (Lipinski definition) is 2. The van der Waals surface area contributed by atoms with E-state index in [0.717, 1.165) is 6.54 Å². The number of H-pyrrole nitrogens is 1. The summed E-state index contributed by atoms with van der Waals surface area (Å²) < 4.78 is 0. The van der Waals surface area contributed by atoms with Crippen LogP contribution in [0.15, 0.2) is 6.33 Å². The van der Waals surface area contributed by atoms with Gasteiger partial charge in [-0.2, -0.15) is 0 Å². The molecule has 1 aromatic rings. The third-order valence-corrected chi connectivity index (χ3v) is 3.10. The lowest BCUT2D eigenvalue weighted by molar-refractivity contribution is 0.435. The number of hydrogen-bond acceptors (Lipinski definition) is 2. The van der Waals surface area contributed by atoms with E-state index in [1.165, 1.54) is 43.5 Å². The average molecular weight is 193 g/mol. The maximum absolute atomic E-state index is 4.46. The van der Waals surface area contributed by atoms with E-state index in [-0.39, 0.29) is 0 Å². The summed E-state index contributed by atoms with van der Waals surface area (Å²) in [7, 11) is 1.98. The Morgan fingerprint density at radius 2 is 2.21 bits per heavy atom. The maximum atomic E-state index is 4.46. The molecule has 0 spiro atoms. The minimum atomic E-state index is 0.707. The van der Waals surface area contributed by atoms with Gasteiger partial charge in [-0.05, 0) is 19.9 Å². The van der Waals surface area contributed by atoms with Crippen LogP contribution in [-0.2, 0) is 6.54 Å². The molecular weight excluding hydrogens is 174 g/mol. The molecule has 0 radical (unpaired) electrons. The fourth-order valence-electron chi connectivity index (χ4n) is 2.38.